The Balaban J connectivity index is 0.000000596. The lowest BCUT2D eigenvalue weighted by Crippen LogP contribution is -2.57. The number of Topliss-reactive ketones (excluding diaryl/α,β-unsaturated/α-hetero) is 2. The largest absolute Gasteiger partial charge is 0.481 e. The summed E-state index contributed by atoms with van der Waals surface area (Å²) in [7, 11) is 0. The van der Waals surface area contributed by atoms with Gasteiger partial charge in [0.25, 0.3) is 5.97 Å². The molecule has 5 aliphatic carbocycles. The van der Waals surface area contributed by atoms with Gasteiger partial charge in [-0.2, -0.15) is 0 Å². The molecule has 0 radical (unpaired) electrons. The van der Waals surface area contributed by atoms with Gasteiger partial charge in [-0.3, -0.25) is 19.2 Å². The lowest BCUT2D eigenvalue weighted by Gasteiger charge is -2.59. The zero-order valence-corrected chi connectivity index (χ0v) is 25.4. The first kappa shape index (κ1) is 31.6. The van der Waals surface area contributed by atoms with Crippen LogP contribution in [-0.4, -0.2) is 57.0 Å². The topological polar surface area (TPSA) is 155 Å². The normalized spacial score (nSPS) is 47.5. The van der Waals surface area contributed by atoms with Crippen molar-refractivity contribution in [2.24, 2.45) is 57.7 Å². The number of hydrogen-bond donors (Lipinski definition) is 3. The first-order chi connectivity index (χ1) is 19.2. The third-order valence-corrected chi connectivity index (χ3v) is 12.2. The molecule has 41 heavy (non-hydrogen) atoms. The predicted molar refractivity (Wildman–Crippen MR) is 148 cm³/mol. The summed E-state index contributed by atoms with van der Waals surface area (Å²) in [6, 6.07) is 0. The SMILES string of the molecule is CC.CC(=O)O.CC12CCCCC1CC(=O)C1C2CCC2(C)C1C(=O)C1C2[C@H](CC(=O)O)CC2OC(=O)C(O)C21C. The molecule has 9 heteroatoms. The van der Waals surface area contributed by atoms with Crippen LogP contribution < -0.4 is 0 Å². The molecule has 0 spiro atoms. The van der Waals surface area contributed by atoms with Crippen LogP contribution in [0.4, 0.5) is 0 Å². The molecule has 9 nitrogen and oxygen atoms in total. The highest BCUT2D eigenvalue weighted by molar-refractivity contribution is 5.96. The average Bonchev–Trinajstić information content (AvgIpc) is 3.27. The number of fused-ring (bicyclic) bond motifs is 9. The summed E-state index contributed by atoms with van der Waals surface area (Å²) in [6.45, 7) is 11.3. The van der Waals surface area contributed by atoms with Gasteiger partial charge in [0, 0.05) is 37.5 Å². The standard InChI is InChI=1S/C28H38O7.C2H4O2.C2H6/c1-26-8-5-4-6-14(26)12-16(29)19-15(26)7-9-27(2)20-13(11-18(30)31)10-17-28(3,24(33)25(34)35-17)22(20)23(32)21(19)27;1-2(3)4;1-2/h13-15,17,19-22,24,33H,4-12H2,1-3H3,(H,30,31);1H3,(H,3,4);1-2H3/t13-,14?,15?,17?,19?,20?,21?,22?,24?,26?,27?,28?;;/m0../s1. The molecule has 1 aliphatic heterocycles. The van der Waals surface area contributed by atoms with E-state index in [0.717, 1.165) is 45.4 Å². The zero-order valence-electron chi connectivity index (χ0n) is 25.4. The summed E-state index contributed by atoms with van der Waals surface area (Å²) in [5.74, 6) is -3.85. The van der Waals surface area contributed by atoms with Crippen molar-refractivity contribution in [2.45, 2.75) is 112 Å². The van der Waals surface area contributed by atoms with Gasteiger partial charge in [-0.1, -0.05) is 47.5 Å². The number of rotatable bonds is 2. The van der Waals surface area contributed by atoms with E-state index in [1.165, 1.54) is 0 Å². The molecular formula is C32H48O9. The lowest BCUT2D eigenvalue weighted by atomic mass is 9.43. The van der Waals surface area contributed by atoms with E-state index < -0.39 is 52.8 Å². The second-order valence-corrected chi connectivity index (χ2v) is 14.0. The molecule has 1 heterocycles. The molecule has 6 rings (SSSR count). The van der Waals surface area contributed by atoms with Crippen molar-refractivity contribution in [2.75, 3.05) is 0 Å². The predicted octanol–water partition coefficient (Wildman–Crippen LogP) is 4.52. The Morgan fingerprint density at radius 3 is 2.20 bits per heavy atom. The molecule has 3 N–H and O–H groups in total. The van der Waals surface area contributed by atoms with Crippen LogP contribution in [0.25, 0.3) is 0 Å². The molecule has 5 saturated carbocycles. The molecule has 0 bridgehead atoms. The number of ketones is 2. The van der Waals surface area contributed by atoms with Crippen LogP contribution >= 0.6 is 0 Å². The van der Waals surface area contributed by atoms with Crippen LogP contribution in [0.1, 0.15) is 99.3 Å². The molecule has 0 amide bonds. The molecule has 11 unspecified atom stereocenters. The quantitative estimate of drug-likeness (QED) is 0.402. The second-order valence-electron chi connectivity index (χ2n) is 14.0. The molecule has 0 aromatic carbocycles. The highest BCUT2D eigenvalue weighted by Crippen LogP contribution is 2.72. The van der Waals surface area contributed by atoms with Crippen LogP contribution in [0.2, 0.25) is 0 Å². The highest BCUT2D eigenvalue weighted by atomic mass is 16.6. The maximum absolute atomic E-state index is 14.5. The summed E-state index contributed by atoms with van der Waals surface area (Å²) in [4.78, 5) is 61.6. The summed E-state index contributed by atoms with van der Waals surface area (Å²) >= 11 is 0. The van der Waals surface area contributed by atoms with E-state index >= 15 is 0 Å². The Hall–Kier alpha value is -2.29. The van der Waals surface area contributed by atoms with Gasteiger partial charge in [-0.05, 0) is 66.6 Å². The van der Waals surface area contributed by atoms with Crippen molar-refractivity contribution >= 4 is 29.5 Å². The van der Waals surface area contributed by atoms with E-state index in [4.69, 9.17) is 14.6 Å². The van der Waals surface area contributed by atoms with Gasteiger partial charge in [0.05, 0.1) is 5.41 Å². The first-order valence-corrected chi connectivity index (χ1v) is 15.5. The monoisotopic (exact) mass is 576 g/mol. The maximum atomic E-state index is 14.5. The Bertz CT molecular complexity index is 1100. The van der Waals surface area contributed by atoms with E-state index in [1.807, 2.05) is 13.8 Å². The summed E-state index contributed by atoms with van der Waals surface area (Å²) in [5, 5.41) is 28.1. The minimum atomic E-state index is -1.41. The number of aliphatic hydroxyl groups excluding tert-OH is 1. The summed E-state index contributed by atoms with van der Waals surface area (Å²) in [5.41, 5.74) is -1.54. The third kappa shape index (κ3) is 4.65. The average molecular weight is 577 g/mol. The van der Waals surface area contributed by atoms with Gasteiger partial charge in [0.1, 0.15) is 17.7 Å². The van der Waals surface area contributed by atoms with E-state index in [1.54, 1.807) is 6.92 Å². The van der Waals surface area contributed by atoms with Crippen LogP contribution in [0.5, 0.6) is 0 Å². The van der Waals surface area contributed by atoms with Crippen molar-refractivity contribution in [3.8, 4) is 0 Å². The smallest absolute Gasteiger partial charge is 0.336 e. The first-order valence-electron chi connectivity index (χ1n) is 15.5. The van der Waals surface area contributed by atoms with Gasteiger partial charge in [0.15, 0.2) is 6.10 Å². The zero-order chi connectivity index (χ0) is 30.7. The van der Waals surface area contributed by atoms with Crippen LogP contribution in [0.15, 0.2) is 0 Å². The number of hydrogen-bond acceptors (Lipinski definition) is 7. The van der Waals surface area contributed by atoms with Crippen molar-refractivity contribution in [3.63, 3.8) is 0 Å². The Labute approximate surface area is 242 Å². The number of ether oxygens (including phenoxy) is 1. The molecule has 6 fully saturated rings. The van der Waals surface area contributed by atoms with Crippen molar-refractivity contribution < 1.29 is 44.0 Å². The fraction of sp³-hybridized carbons (Fsp3) is 0.844. The van der Waals surface area contributed by atoms with E-state index in [2.05, 4.69) is 13.8 Å². The number of esters is 1. The maximum Gasteiger partial charge on any atom is 0.336 e. The second kappa shape index (κ2) is 11.1. The van der Waals surface area contributed by atoms with E-state index in [9.17, 15) is 29.4 Å². The molecular weight excluding hydrogens is 528 g/mol. The number of aliphatic hydroxyl groups is 1. The molecule has 0 aromatic heterocycles. The summed E-state index contributed by atoms with van der Waals surface area (Å²) < 4.78 is 5.55. The van der Waals surface area contributed by atoms with Gasteiger partial charge >= 0.3 is 11.9 Å². The minimum absolute atomic E-state index is 0.0293. The van der Waals surface area contributed by atoms with E-state index in [0.29, 0.717) is 18.8 Å². The Morgan fingerprint density at radius 1 is 0.951 bits per heavy atom. The van der Waals surface area contributed by atoms with Crippen LogP contribution in [0.3, 0.4) is 0 Å². The third-order valence-electron chi connectivity index (χ3n) is 12.2. The Morgan fingerprint density at radius 2 is 1.59 bits per heavy atom. The van der Waals surface area contributed by atoms with Crippen molar-refractivity contribution in [3.05, 3.63) is 0 Å². The van der Waals surface area contributed by atoms with E-state index in [-0.39, 0.29) is 47.1 Å². The van der Waals surface area contributed by atoms with Crippen molar-refractivity contribution in [1.82, 2.24) is 0 Å². The molecule has 230 valence electrons. The summed E-state index contributed by atoms with van der Waals surface area (Å²) in [6.07, 6.45) is 4.86. The van der Waals surface area contributed by atoms with Crippen LogP contribution in [-0.2, 0) is 28.7 Å². The number of carbonyl (C=O) groups excluding carboxylic acids is 3. The fourth-order valence-electron chi connectivity index (χ4n) is 10.6. The molecule has 0 aromatic rings. The van der Waals surface area contributed by atoms with Gasteiger partial charge < -0.3 is 20.1 Å². The molecule has 1 saturated heterocycles. The number of carbonyl (C=O) groups is 5. The van der Waals surface area contributed by atoms with Gasteiger partial charge in [-0.25, -0.2) is 4.79 Å². The Kier molecular flexibility index (Phi) is 8.55. The van der Waals surface area contributed by atoms with Gasteiger partial charge in [-0.15, -0.1) is 0 Å². The lowest BCUT2D eigenvalue weighted by molar-refractivity contribution is -0.162. The number of carboxylic acid groups (broad SMARTS) is 2. The molecule has 12 atom stereocenters. The number of aliphatic carboxylic acids is 2. The fourth-order valence-corrected chi connectivity index (χ4v) is 10.6. The minimum Gasteiger partial charge on any atom is -0.481 e. The van der Waals surface area contributed by atoms with Crippen LogP contribution in [0, 0.1) is 57.7 Å². The number of carboxylic acids is 2. The highest BCUT2D eigenvalue weighted by Gasteiger charge is 2.76. The molecule has 6 aliphatic rings. The van der Waals surface area contributed by atoms with Gasteiger partial charge in [0.2, 0.25) is 0 Å². The van der Waals surface area contributed by atoms with Crippen molar-refractivity contribution in [1.29, 1.82) is 0 Å².